The first-order valence-corrected chi connectivity index (χ1v) is 5.89. The highest BCUT2D eigenvalue weighted by Crippen LogP contribution is 2.09. The van der Waals surface area contributed by atoms with E-state index >= 15 is 0 Å². The molecule has 0 saturated carbocycles. The monoisotopic (exact) mass is 248 g/mol. The molecule has 0 aromatic heterocycles. The Labute approximate surface area is 106 Å². The van der Waals surface area contributed by atoms with Gasteiger partial charge in [-0.2, -0.15) is 0 Å². The second-order valence-electron chi connectivity index (χ2n) is 4.12. The zero-order chi connectivity index (χ0) is 13.0. The fourth-order valence-corrected chi connectivity index (χ4v) is 1.98. The number of nitrogens with zero attached hydrogens (tertiary/aromatic N) is 2. The lowest BCUT2D eigenvalue weighted by Crippen LogP contribution is -2.50. The van der Waals surface area contributed by atoms with Crippen LogP contribution in [-0.4, -0.2) is 55.1 Å². The summed E-state index contributed by atoms with van der Waals surface area (Å²) in [7, 11) is 1.36. The van der Waals surface area contributed by atoms with Crippen molar-refractivity contribution < 1.29 is 14.3 Å². The van der Waals surface area contributed by atoms with Crippen LogP contribution in [-0.2, 0) is 4.74 Å². The van der Waals surface area contributed by atoms with Gasteiger partial charge in [-0.05, 0) is 12.1 Å². The minimum atomic E-state index is -0.332. The van der Waals surface area contributed by atoms with Crippen LogP contribution in [0.5, 0.6) is 0 Å². The smallest absolute Gasteiger partial charge is 0.409 e. The van der Waals surface area contributed by atoms with Gasteiger partial charge in [-0.3, -0.25) is 4.79 Å². The molecule has 5 nitrogen and oxygen atoms in total. The zero-order valence-corrected chi connectivity index (χ0v) is 10.3. The molecule has 0 bridgehead atoms. The molecular weight excluding hydrogens is 232 g/mol. The number of amides is 2. The summed E-state index contributed by atoms with van der Waals surface area (Å²) >= 11 is 0. The fourth-order valence-electron chi connectivity index (χ4n) is 1.98. The molecule has 1 aliphatic rings. The van der Waals surface area contributed by atoms with Gasteiger partial charge in [0.25, 0.3) is 5.91 Å². The topological polar surface area (TPSA) is 49.9 Å². The maximum atomic E-state index is 12.1. The third kappa shape index (κ3) is 2.61. The van der Waals surface area contributed by atoms with Crippen molar-refractivity contribution in [3.05, 3.63) is 35.9 Å². The molecule has 0 N–H and O–H groups in total. The molecule has 1 aromatic carbocycles. The first kappa shape index (κ1) is 12.4. The lowest BCUT2D eigenvalue weighted by molar-refractivity contribution is 0.0599. The lowest BCUT2D eigenvalue weighted by Gasteiger charge is -2.33. The average Bonchev–Trinajstić information content (AvgIpc) is 2.47. The minimum Gasteiger partial charge on any atom is -0.453 e. The third-order valence-corrected chi connectivity index (χ3v) is 3.02. The molecule has 0 radical (unpaired) electrons. The molecule has 0 atom stereocenters. The molecule has 2 amide bonds. The minimum absolute atomic E-state index is 0.0140. The van der Waals surface area contributed by atoms with E-state index in [0.29, 0.717) is 31.7 Å². The van der Waals surface area contributed by atoms with Gasteiger partial charge in [-0.25, -0.2) is 4.79 Å². The van der Waals surface area contributed by atoms with Gasteiger partial charge in [0.05, 0.1) is 7.11 Å². The predicted molar refractivity (Wildman–Crippen MR) is 66.3 cm³/mol. The van der Waals surface area contributed by atoms with E-state index < -0.39 is 0 Å². The summed E-state index contributed by atoms with van der Waals surface area (Å²) in [5.74, 6) is 0.0140. The van der Waals surface area contributed by atoms with Crippen molar-refractivity contribution in [1.82, 2.24) is 9.80 Å². The Morgan fingerprint density at radius 2 is 1.56 bits per heavy atom. The molecule has 1 aliphatic heterocycles. The fraction of sp³-hybridized carbons (Fsp3) is 0.385. The van der Waals surface area contributed by atoms with Crippen LogP contribution in [0.4, 0.5) is 4.79 Å². The van der Waals surface area contributed by atoms with Crippen LogP contribution in [0.3, 0.4) is 0 Å². The Bertz CT molecular complexity index is 425. The molecule has 2 rings (SSSR count). The summed E-state index contributed by atoms with van der Waals surface area (Å²) in [6.07, 6.45) is -0.332. The number of ether oxygens (including phenoxy) is 1. The predicted octanol–water partition coefficient (Wildman–Crippen LogP) is 1.21. The number of carbonyl (C=O) groups excluding carboxylic acids is 2. The Hall–Kier alpha value is -2.04. The van der Waals surface area contributed by atoms with Crippen LogP contribution in [0, 0.1) is 0 Å². The maximum absolute atomic E-state index is 12.1. The Morgan fingerprint density at radius 1 is 1.00 bits per heavy atom. The normalized spacial score (nSPS) is 15.4. The Morgan fingerprint density at radius 3 is 2.11 bits per heavy atom. The molecule has 1 saturated heterocycles. The van der Waals surface area contributed by atoms with E-state index in [2.05, 4.69) is 4.74 Å². The van der Waals surface area contributed by atoms with Crippen molar-refractivity contribution in [3.63, 3.8) is 0 Å². The van der Waals surface area contributed by atoms with E-state index in [4.69, 9.17) is 0 Å². The number of piperazine rings is 1. The van der Waals surface area contributed by atoms with E-state index in [9.17, 15) is 9.59 Å². The third-order valence-electron chi connectivity index (χ3n) is 3.02. The molecule has 1 fully saturated rings. The summed E-state index contributed by atoms with van der Waals surface area (Å²) in [6, 6.07) is 9.17. The van der Waals surface area contributed by atoms with Gasteiger partial charge in [-0.1, -0.05) is 18.2 Å². The molecule has 96 valence electrons. The summed E-state index contributed by atoms with van der Waals surface area (Å²) in [4.78, 5) is 26.8. The van der Waals surface area contributed by atoms with Gasteiger partial charge in [0.2, 0.25) is 0 Å². The summed E-state index contributed by atoms with van der Waals surface area (Å²) in [5.41, 5.74) is 0.684. The van der Waals surface area contributed by atoms with E-state index in [0.717, 1.165) is 0 Å². The molecule has 18 heavy (non-hydrogen) atoms. The molecule has 5 heteroatoms. The quantitative estimate of drug-likeness (QED) is 0.750. The van der Waals surface area contributed by atoms with Crippen molar-refractivity contribution in [3.8, 4) is 0 Å². The van der Waals surface area contributed by atoms with Crippen molar-refractivity contribution in [2.24, 2.45) is 0 Å². The lowest BCUT2D eigenvalue weighted by atomic mass is 10.2. The molecule has 1 aromatic rings. The van der Waals surface area contributed by atoms with E-state index in [-0.39, 0.29) is 12.0 Å². The number of benzene rings is 1. The second kappa shape index (κ2) is 5.53. The second-order valence-corrected chi connectivity index (χ2v) is 4.12. The maximum Gasteiger partial charge on any atom is 0.409 e. The van der Waals surface area contributed by atoms with Gasteiger partial charge in [0.15, 0.2) is 0 Å². The Kier molecular flexibility index (Phi) is 3.82. The summed E-state index contributed by atoms with van der Waals surface area (Å²) < 4.78 is 4.65. The van der Waals surface area contributed by atoms with Crippen LogP contribution >= 0.6 is 0 Å². The van der Waals surface area contributed by atoms with E-state index in [1.807, 2.05) is 18.2 Å². The van der Waals surface area contributed by atoms with Gasteiger partial charge in [-0.15, -0.1) is 0 Å². The van der Waals surface area contributed by atoms with Crippen LogP contribution in [0.1, 0.15) is 10.4 Å². The summed E-state index contributed by atoms with van der Waals surface area (Å²) in [6.45, 7) is 2.13. The van der Waals surface area contributed by atoms with E-state index in [1.165, 1.54) is 7.11 Å². The Balaban J connectivity index is 1.94. The van der Waals surface area contributed by atoms with Crippen molar-refractivity contribution in [1.29, 1.82) is 0 Å². The largest absolute Gasteiger partial charge is 0.453 e. The SMILES string of the molecule is COC(=O)N1CCN(C(=O)c2ccccc2)CC1. The van der Waals surface area contributed by atoms with Crippen molar-refractivity contribution in [2.75, 3.05) is 33.3 Å². The standard InChI is InChI=1S/C13H16N2O3/c1-18-13(17)15-9-7-14(8-10-15)12(16)11-5-3-2-4-6-11/h2-6H,7-10H2,1H3. The van der Waals surface area contributed by atoms with Gasteiger partial charge in [0.1, 0.15) is 0 Å². The summed E-state index contributed by atoms with van der Waals surface area (Å²) in [5, 5.41) is 0. The highest BCUT2D eigenvalue weighted by molar-refractivity contribution is 5.94. The van der Waals surface area contributed by atoms with Crippen molar-refractivity contribution in [2.45, 2.75) is 0 Å². The number of hydrogen-bond donors (Lipinski definition) is 0. The van der Waals surface area contributed by atoms with E-state index in [1.54, 1.807) is 21.9 Å². The molecule has 0 aliphatic carbocycles. The van der Waals surface area contributed by atoms with Crippen LogP contribution in [0.25, 0.3) is 0 Å². The number of methoxy groups -OCH3 is 1. The highest BCUT2D eigenvalue weighted by Gasteiger charge is 2.24. The molecule has 0 spiro atoms. The number of rotatable bonds is 1. The first-order chi connectivity index (χ1) is 8.72. The van der Waals surface area contributed by atoms with Gasteiger partial charge in [0, 0.05) is 31.7 Å². The van der Waals surface area contributed by atoms with Crippen LogP contribution in [0.15, 0.2) is 30.3 Å². The molecular formula is C13H16N2O3. The number of hydrogen-bond acceptors (Lipinski definition) is 3. The van der Waals surface area contributed by atoms with Crippen molar-refractivity contribution >= 4 is 12.0 Å². The first-order valence-electron chi connectivity index (χ1n) is 5.89. The number of carbonyl (C=O) groups is 2. The van der Waals surface area contributed by atoms with Crippen LogP contribution < -0.4 is 0 Å². The highest BCUT2D eigenvalue weighted by atomic mass is 16.5. The molecule has 1 heterocycles. The van der Waals surface area contributed by atoms with Crippen LogP contribution in [0.2, 0.25) is 0 Å². The average molecular weight is 248 g/mol. The van der Waals surface area contributed by atoms with Gasteiger partial charge >= 0.3 is 6.09 Å². The zero-order valence-electron chi connectivity index (χ0n) is 10.3. The van der Waals surface area contributed by atoms with Gasteiger partial charge < -0.3 is 14.5 Å². The molecule has 0 unspecified atom stereocenters.